The van der Waals surface area contributed by atoms with Crippen LogP contribution in [-0.2, 0) is 9.98 Å². The van der Waals surface area contributed by atoms with Gasteiger partial charge in [-0.3, -0.25) is 14.2 Å². The van der Waals surface area contributed by atoms with Crippen LogP contribution in [0.1, 0.15) is 26.3 Å². The Balaban J connectivity index is 2.38. The van der Waals surface area contributed by atoms with E-state index in [2.05, 4.69) is 0 Å². The van der Waals surface area contributed by atoms with Crippen molar-refractivity contribution in [3.05, 3.63) is 104 Å². The lowest BCUT2D eigenvalue weighted by Crippen LogP contribution is -2.46. The summed E-state index contributed by atoms with van der Waals surface area (Å²) < 4.78 is 11.9. The van der Waals surface area contributed by atoms with E-state index in [-0.39, 0.29) is 37.4 Å². The first kappa shape index (κ1) is 22.9. The molecule has 0 bridgehead atoms. The van der Waals surface area contributed by atoms with Gasteiger partial charge in [0, 0.05) is 0 Å². The summed E-state index contributed by atoms with van der Waals surface area (Å²) in [6.07, 6.45) is -0.349. The van der Waals surface area contributed by atoms with Gasteiger partial charge in [0.25, 0.3) is 0 Å². The molecule has 0 atom stereocenters. The Labute approximate surface area is 195 Å². The highest BCUT2D eigenvalue weighted by molar-refractivity contribution is 7.24. The average Bonchev–Trinajstić information content (AvgIpc) is 2.72. The predicted octanol–water partition coefficient (Wildman–Crippen LogP) is 7.60. The number of carbonyl (C=O) groups is 2. The van der Waals surface area contributed by atoms with Crippen molar-refractivity contribution in [1.29, 1.82) is 0 Å². The third-order valence-electron chi connectivity index (χ3n) is 4.72. The van der Waals surface area contributed by atoms with Crippen LogP contribution in [0.15, 0.2) is 66.7 Å². The van der Waals surface area contributed by atoms with Crippen molar-refractivity contribution in [3.63, 3.8) is 0 Å². The van der Waals surface area contributed by atoms with Gasteiger partial charge in [0.2, 0.25) is 0 Å². The molecule has 3 nitrogen and oxygen atoms in total. The molecule has 0 N–H and O–H groups in total. The molecule has 0 unspecified atom stereocenters. The summed E-state index contributed by atoms with van der Waals surface area (Å²) in [6.45, 7) is 0. The second kappa shape index (κ2) is 9.60. The lowest BCUT2D eigenvalue weighted by Gasteiger charge is -2.31. The Kier molecular flexibility index (Phi) is 7.34. The van der Waals surface area contributed by atoms with Crippen molar-refractivity contribution in [2.45, 2.75) is 5.41 Å². The highest BCUT2D eigenvalue weighted by Gasteiger charge is 2.50. The van der Waals surface area contributed by atoms with Gasteiger partial charge in [-0.15, -0.1) is 0 Å². The lowest BCUT2D eigenvalue weighted by molar-refractivity contribution is 0.0781. The topological polar surface area (TPSA) is 51.2 Å². The van der Waals surface area contributed by atoms with E-state index in [0.29, 0.717) is 5.56 Å². The predicted molar refractivity (Wildman–Crippen MR) is 122 cm³/mol. The van der Waals surface area contributed by atoms with E-state index in [4.69, 9.17) is 46.4 Å². The highest BCUT2D eigenvalue weighted by Crippen LogP contribution is 2.41. The number of Topliss-reactive ketones (excluding diaryl/α,β-unsaturated/α-hetero) is 2. The van der Waals surface area contributed by atoms with Crippen molar-refractivity contribution in [1.82, 2.24) is 0 Å². The highest BCUT2D eigenvalue weighted by atomic mass is 35.5. The molecule has 0 spiro atoms. The van der Waals surface area contributed by atoms with E-state index in [1.54, 1.807) is 42.5 Å². The summed E-state index contributed by atoms with van der Waals surface area (Å²) in [5.41, 5.74) is -1.65. The van der Waals surface area contributed by atoms with E-state index >= 15 is 0 Å². The summed E-state index contributed by atoms with van der Waals surface area (Å²) in [4.78, 5) is 27.8. The number of carbonyl (C=O) groups excluding carboxylic acids is 2. The molecule has 0 heterocycles. The number of ketones is 2. The summed E-state index contributed by atoms with van der Waals surface area (Å²) in [5, 5.41) is 0.309. The maximum absolute atomic E-state index is 13.9. The van der Waals surface area contributed by atoms with Gasteiger partial charge in [-0.1, -0.05) is 88.9 Å². The first-order valence-corrected chi connectivity index (χ1v) is 11.2. The number of hydrogen-bond acceptors (Lipinski definition) is 3. The molecule has 8 heteroatoms. The Morgan fingerprint density at radius 3 is 1.43 bits per heavy atom. The Morgan fingerprint density at radius 2 is 1.07 bits per heavy atom. The quantitative estimate of drug-likeness (QED) is 0.192. The van der Waals surface area contributed by atoms with Crippen LogP contribution in [0, 0.1) is 0 Å². The van der Waals surface area contributed by atoms with Gasteiger partial charge < -0.3 is 0 Å². The molecule has 3 aromatic carbocycles. The van der Waals surface area contributed by atoms with E-state index in [1.807, 2.05) is 0 Å². The van der Waals surface area contributed by atoms with Crippen LogP contribution in [0.2, 0.25) is 20.1 Å². The zero-order valence-electron chi connectivity index (χ0n) is 15.2. The fourth-order valence-corrected chi connectivity index (χ4v) is 5.08. The lowest BCUT2D eigenvalue weighted by atomic mass is 9.70. The maximum atomic E-state index is 13.9. The van der Waals surface area contributed by atoms with E-state index in [0.717, 1.165) is 0 Å². The van der Waals surface area contributed by atoms with Crippen molar-refractivity contribution in [2.24, 2.45) is 0 Å². The zero-order chi connectivity index (χ0) is 21.9. The van der Waals surface area contributed by atoms with Gasteiger partial charge in [0.05, 0.1) is 37.4 Å². The zero-order valence-corrected chi connectivity index (χ0v) is 19.2. The van der Waals surface area contributed by atoms with Crippen molar-refractivity contribution in [3.8, 4) is 0 Å². The molecular formula is C22H13Cl4O3P. The van der Waals surface area contributed by atoms with Gasteiger partial charge in [0.15, 0.2) is 20.0 Å². The molecule has 3 aromatic rings. The standard InChI is InChI=1S/C22H13Cl4O3P/c23-14-8-4-9-15(24)18(14)20(27)22(12-30-29,13-6-2-1-3-7-13)21(28)19-16(25)10-5-11-17(19)26/h1-11H,12H2. The fraction of sp³-hybridized carbons (Fsp3) is 0.0909. The molecule has 0 radical (unpaired) electrons. The molecule has 0 aliphatic rings. The molecular weight excluding hydrogens is 485 g/mol. The Bertz CT molecular complexity index is 1030. The molecule has 0 aromatic heterocycles. The van der Waals surface area contributed by atoms with Gasteiger partial charge in [-0.2, -0.15) is 0 Å². The molecule has 0 saturated carbocycles. The molecule has 0 fully saturated rings. The first-order valence-electron chi connectivity index (χ1n) is 8.67. The number of benzene rings is 3. The average molecular weight is 498 g/mol. The van der Waals surface area contributed by atoms with Gasteiger partial charge in [-0.25, -0.2) is 0 Å². The van der Waals surface area contributed by atoms with Gasteiger partial charge in [-0.05, 0) is 29.8 Å². The molecule has 3 rings (SSSR count). The first-order chi connectivity index (χ1) is 14.3. The summed E-state index contributed by atoms with van der Waals surface area (Å²) in [6, 6.07) is 17.5. The van der Waals surface area contributed by atoms with Crippen LogP contribution in [0.3, 0.4) is 0 Å². The number of hydrogen-bond donors (Lipinski definition) is 0. The summed E-state index contributed by atoms with van der Waals surface area (Å²) in [5.74, 6) is -1.37. The van der Waals surface area contributed by atoms with Crippen LogP contribution in [-0.4, -0.2) is 17.7 Å². The second-order valence-electron chi connectivity index (χ2n) is 6.41. The van der Waals surface area contributed by atoms with Crippen LogP contribution in [0.25, 0.3) is 0 Å². The minimum atomic E-state index is -1.91. The second-order valence-corrected chi connectivity index (χ2v) is 8.61. The van der Waals surface area contributed by atoms with Crippen LogP contribution < -0.4 is 0 Å². The SMILES string of the molecule is O=PCC(C(=O)c1c(Cl)cccc1Cl)(C(=O)c1c(Cl)cccc1Cl)c1ccccc1. The fourth-order valence-electron chi connectivity index (χ4n) is 3.28. The van der Waals surface area contributed by atoms with Crippen molar-refractivity contribution in [2.75, 3.05) is 6.16 Å². The summed E-state index contributed by atoms with van der Waals surface area (Å²) >= 11 is 25.1. The molecule has 0 saturated heterocycles. The maximum Gasteiger partial charge on any atom is 0.185 e. The van der Waals surface area contributed by atoms with Crippen molar-refractivity contribution >= 4 is 66.4 Å². The molecule has 152 valence electrons. The van der Waals surface area contributed by atoms with E-state index < -0.39 is 25.4 Å². The molecule has 0 aliphatic carbocycles. The largest absolute Gasteiger partial charge is 0.293 e. The molecule has 0 amide bonds. The number of rotatable bonds is 7. The van der Waals surface area contributed by atoms with E-state index in [1.165, 1.54) is 24.3 Å². The third kappa shape index (κ3) is 4.06. The summed E-state index contributed by atoms with van der Waals surface area (Å²) in [7, 11) is -0.429. The van der Waals surface area contributed by atoms with Crippen LogP contribution >= 0.6 is 54.9 Å². The monoisotopic (exact) mass is 496 g/mol. The van der Waals surface area contributed by atoms with E-state index in [9.17, 15) is 14.2 Å². The minimum absolute atomic E-state index is 0.0372. The third-order valence-corrected chi connectivity index (χ3v) is 6.59. The number of halogens is 4. The van der Waals surface area contributed by atoms with Crippen molar-refractivity contribution < 1.29 is 14.2 Å². The Hall–Kier alpha value is -1.74. The normalized spacial score (nSPS) is 11.5. The minimum Gasteiger partial charge on any atom is -0.293 e. The van der Waals surface area contributed by atoms with Gasteiger partial charge >= 0.3 is 0 Å². The molecule has 0 aliphatic heterocycles. The van der Waals surface area contributed by atoms with Crippen LogP contribution in [0.5, 0.6) is 0 Å². The Morgan fingerprint density at radius 1 is 0.667 bits per heavy atom. The van der Waals surface area contributed by atoms with Gasteiger partial charge in [0.1, 0.15) is 5.41 Å². The smallest absolute Gasteiger partial charge is 0.185 e. The molecule has 30 heavy (non-hydrogen) atoms. The van der Waals surface area contributed by atoms with Crippen LogP contribution in [0.4, 0.5) is 0 Å².